The van der Waals surface area contributed by atoms with Crippen LogP contribution in [0.2, 0.25) is 0 Å². The summed E-state index contributed by atoms with van der Waals surface area (Å²) in [7, 11) is 0. The highest BCUT2D eigenvalue weighted by Gasteiger charge is 2.14. The Labute approximate surface area is 201 Å². The van der Waals surface area contributed by atoms with Crippen molar-refractivity contribution in [3.05, 3.63) is 33.8 Å². The zero-order valence-electron chi connectivity index (χ0n) is 21.9. The van der Waals surface area contributed by atoms with Crippen LogP contribution in [0.3, 0.4) is 0 Å². The summed E-state index contributed by atoms with van der Waals surface area (Å²) in [6, 6.07) is 5.65. The van der Waals surface area contributed by atoms with Crippen LogP contribution in [0, 0.1) is 5.92 Å². The van der Waals surface area contributed by atoms with Crippen LogP contribution in [0.1, 0.15) is 124 Å². The van der Waals surface area contributed by atoms with Gasteiger partial charge in [0.15, 0.2) is 0 Å². The van der Waals surface area contributed by atoms with E-state index in [1.807, 2.05) is 66.7 Å². The van der Waals surface area contributed by atoms with E-state index in [-0.39, 0.29) is 11.6 Å². The van der Waals surface area contributed by atoms with Crippen LogP contribution >= 0.6 is 15.9 Å². The average Bonchev–Trinajstić information content (AvgIpc) is 2.73. The minimum atomic E-state index is -0.327. The van der Waals surface area contributed by atoms with Crippen molar-refractivity contribution >= 4 is 28.2 Å². The first-order chi connectivity index (χ1) is 14.6. The fourth-order valence-corrected chi connectivity index (χ4v) is 3.42. The molecule has 1 rings (SSSR count). The molecule has 182 valence electrons. The lowest BCUT2D eigenvalue weighted by Gasteiger charge is -2.18. The number of ether oxygens (including phenoxy) is 1. The molecule has 0 bridgehead atoms. The van der Waals surface area contributed by atoms with E-state index >= 15 is 0 Å². The first kappa shape index (κ1) is 34.5. The molecule has 0 spiro atoms. The molecule has 0 amide bonds. The summed E-state index contributed by atoms with van der Waals surface area (Å²) in [5.41, 5.74) is 1.54. The molecule has 4 heteroatoms. The molecule has 0 radical (unpaired) electrons. The molecular weight excluding hydrogens is 452 g/mol. The molecule has 1 aromatic rings. The lowest BCUT2D eigenvalue weighted by molar-refractivity contribution is -0.154. The number of rotatable bonds is 8. The quantitative estimate of drug-likeness (QED) is 0.263. The van der Waals surface area contributed by atoms with Crippen molar-refractivity contribution in [2.45, 2.75) is 120 Å². The van der Waals surface area contributed by atoms with E-state index in [0.29, 0.717) is 6.42 Å². The second-order valence-electron chi connectivity index (χ2n) is 8.09. The molecule has 0 atom stereocenters. The van der Waals surface area contributed by atoms with Gasteiger partial charge in [-0.05, 0) is 51.2 Å². The Balaban J connectivity index is -0.000000369. The number of benzene rings is 1. The van der Waals surface area contributed by atoms with Gasteiger partial charge in [-0.2, -0.15) is 0 Å². The predicted molar refractivity (Wildman–Crippen MR) is 140 cm³/mol. The maximum absolute atomic E-state index is 10.8. The summed E-state index contributed by atoms with van der Waals surface area (Å²) in [6.07, 6.45) is 8.67. The van der Waals surface area contributed by atoms with Crippen molar-refractivity contribution in [1.29, 1.82) is 0 Å². The number of hydrogen-bond acceptors (Lipinski definition) is 3. The molecule has 0 aromatic heterocycles. The van der Waals surface area contributed by atoms with Gasteiger partial charge in [0.25, 0.3) is 0 Å². The van der Waals surface area contributed by atoms with Crippen molar-refractivity contribution in [1.82, 2.24) is 0 Å². The van der Waals surface area contributed by atoms with Crippen molar-refractivity contribution in [3.63, 3.8) is 0 Å². The lowest BCUT2D eigenvalue weighted by Crippen LogP contribution is -2.23. The van der Waals surface area contributed by atoms with Gasteiger partial charge >= 0.3 is 5.97 Å². The van der Waals surface area contributed by atoms with Crippen molar-refractivity contribution < 1.29 is 14.3 Å². The second kappa shape index (κ2) is 22.0. The van der Waals surface area contributed by atoms with Crippen LogP contribution in [-0.2, 0) is 16.0 Å². The monoisotopic (exact) mass is 500 g/mol. The van der Waals surface area contributed by atoms with Crippen LogP contribution in [0.4, 0.5) is 0 Å². The third-order valence-electron chi connectivity index (χ3n) is 4.36. The Morgan fingerprint density at radius 2 is 1.58 bits per heavy atom. The van der Waals surface area contributed by atoms with E-state index in [1.54, 1.807) is 0 Å². The van der Waals surface area contributed by atoms with Gasteiger partial charge in [0.1, 0.15) is 11.9 Å². The van der Waals surface area contributed by atoms with Crippen molar-refractivity contribution in [2.75, 3.05) is 0 Å². The molecule has 0 aliphatic rings. The van der Waals surface area contributed by atoms with Gasteiger partial charge < -0.3 is 4.74 Å². The Morgan fingerprint density at radius 1 is 1.03 bits per heavy atom. The zero-order chi connectivity index (χ0) is 24.9. The van der Waals surface area contributed by atoms with Gasteiger partial charge in [-0.25, -0.2) is 0 Å². The van der Waals surface area contributed by atoms with E-state index in [2.05, 4.69) is 36.7 Å². The molecule has 31 heavy (non-hydrogen) atoms. The Bertz CT molecular complexity index is 558. The van der Waals surface area contributed by atoms with Gasteiger partial charge in [-0.3, -0.25) is 9.59 Å². The molecule has 0 N–H and O–H groups in total. The fourth-order valence-electron chi connectivity index (χ4n) is 2.76. The first-order valence-corrected chi connectivity index (χ1v) is 12.8. The molecule has 0 fully saturated rings. The van der Waals surface area contributed by atoms with Crippen molar-refractivity contribution in [2.24, 2.45) is 5.92 Å². The summed E-state index contributed by atoms with van der Waals surface area (Å²) in [4.78, 5) is 21.4. The Hall–Kier alpha value is -1.16. The second-order valence-corrected chi connectivity index (χ2v) is 8.94. The van der Waals surface area contributed by atoms with E-state index < -0.39 is 0 Å². The van der Waals surface area contributed by atoms with Gasteiger partial charge in [0, 0.05) is 16.5 Å². The molecule has 0 aliphatic heterocycles. The summed E-state index contributed by atoms with van der Waals surface area (Å²) in [6.45, 7) is 20.4. The van der Waals surface area contributed by atoms with Gasteiger partial charge in [-0.15, -0.1) is 0 Å². The summed E-state index contributed by atoms with van der Waals surface area (Å²) in [5.74, 6) is 0.898. The van der Waals surface area contributed by atoms with E-state index in [1.165, 1.54) is 25.7 Å². The largest absolute Gasteiger partial charge is 0.460 e. The number of carbonyl (C=O) groups is 2. The number of carbonyl (C=O) groups excluding carboxylic acids is 2. The third-order valence-corrected chi connectivity index (χ3v) is 5.10. The van der Waals surface area contributed by atoms with Crippen LogP contribution in [0.15, 0.2) is 22.7 Å². The molecular formula is C27H49BrO3. The maximum Gasteiger partial charge on any atom is 0.306 e. The number of aldehydes is 1. The highest BCUT2D eigenvalue weighted by molar-refractivity contribution is 9.10. The van der Waals surface area contributed by atoms with Crippen LogP contribution in [0.25, 0.3) is 0 Å². The number of hydrogen-bond donors (Lipinski definition) is 0. The normalized spacial score (nSPS) is 9.94. The van der Waals surface area contributed by atoms with Crippen LogP contribution in [-0.4, -0.2) is 17.9 Å². The topological polar surface area (TPSA) is 43.4 Å². The summed E-state index contributed by atoms with van der Waals surface area (Å²) >= 11 is 3.39. The van der Waals surface area contributed by atoms with Crippen LogP contribution in [0.5, 0.6) is 0 Å². The molecule has 0 saturated heterocycles. The van der Waals surface area contributed by atoms with Gasteiger partial charge in [-0.1, -0.05) is 102 Å². The Morgan fingerprint density at radius 3 is 1.87 bits per heavy atom. The SMILES string of the molecule is CC.CCCC(=O)OC(C)(C)C.CCCC(CC)CC.CCc1c(Br)cccc1C=O. The Kier molecular flexibility index (Phi) is 24.5. The van der Waals surface area contributed by atoms with Gasteiger partial charge in [0.2, 0.25) is 0 Å². The number of esters is 1. The molecule has 0 saturated carbocycles. The zero-order valence-corrected chi connectivity index (χ0v) is 23.5. The smallest absolute Gasteiger partial charge is 0.306 e. The number of halogens is 1. The van der Waals surface area contributed by atoms with E-state index in [4.69, 9.17) is 4.74 Å². The average molecular weight is 502 g/mol. The van der Waals surface area contributed by atoms with E-state index in [0.717, 1.165) is 40.6 Å². The molecule has 3 nitrogen and oxygen atoms in total. The molecule has 0 unspecified atom stereocenters. The minimum Gasteiger partial charge on any atom is -0.460 e. The van der Waals surface area contributed by atoms with Crippen molar-refractivity contribution in [3.8, 4) is 0 Å². The third kappa shape index (κ3) is 20.5. The predicted octanol–water partition coefficient (Wildman–Crippen LogP) is 9.20. The highest BCUT2D eigenvalue weighted by Crippen LogP contribution is 2.19. The molecule has 0 aliphatic carbocycles. The highest BCUT2D eigenvalue weighted by atomic mass is 79.9. The summed E-state index contributed by atoms with van der Waals surface area (Å²) in [5, 5.41) is 0. The lowest BCUT2D eigenvalue weighted by atomic mass is 9.98. The standard InChI is InChI=1S/C9H9BrO.C8H16O2.C8H18.C2H6/c1-2-8-7(6-11)4-3-5-9(8)10;1-5-6-7(9)10-8(2,3)4;1-4-7-8(5-2)6-3;1-2/h3-6H,2H2,1H3;5-6H2,1-4H3;8H,4-7H2,1-3H3;1-2H3. The van der Waals surface area contributed by atoms with Crippen LogP contribution < -0.4 is 0 Å². The first-order valence-electron chi connectivity index (χ1n) is 12.0. The molecule has 0 heterocycles. The summed E-state index contributed by atoms with van der Waals surface area (Å²) < 4.78 is 6.06. The molecule has 1 aromatic carbocycles. The van der Waals surface area contributed by atoms with Gasteiger partial charge in [0.05, 0.1) is 0 Å². The maximum atomic E-state index is 10.8. The minimum absolute atomic E-state index is 0.102. The van der Waals surface area contributed by atoms with E-state index in [9.17, 15) is 9.59 Å². The fraction of sp³-hybridized carbons (Fsp3) is 0.704.